The monoisotopic (exact) mass is 198 g/mol. The fourth-order valence-electron chi connectivity index (χ4n) is 1.65. The van der Waals surface area contributed by atoms with Crippen LogP contribution >= 0.6 is 0 Å². The van der Waals surface area contributed by atoms with Crippen molar-refractivity contribution in [3.63, 3.8) is 0 Å². The lowest BCUT2D eigenvalue weighted by molar-refractivity contribution is 0.0882. The molecule has 2 atom stereocenters. The molecule has 0 aliphatic heterocycles. The Morgan fingerprint density at radius 1 is 1.64 bits per heavy atom. The van der Waals surface area contributed by atoms with Gasteiger partial charge in [-0.1, -0.05) is 5.16 Å². The molecule has 1 amide bonds. The van der Waals surface area contributed by atoms with Gasteiger partial charge in [0.1, 0.15) is 6.17 Å². The van der Waals surface area contributed by atoms with Gasteiger partial charge >= 0.3 is 0 Å². The largest absolute Gasteiger partial charge is 0.351 e. The van der Waals surface area contributed by atoms with Gasteiger partial charge in [0.05, 0.1) is 12.2 Å². The molecule has 0 radical (unpaired) electrons. The van der Waals surface area contributed by atoms with E-state index in [-0.39, 0.29) is 11.8 Å². The molecule has 0 spiro atoms. The summed E-state index contributed by atoms with van der Waals surface area (Å²) in [7, 11) is 0. The van der Waals surface area contributed by atoms with Crippen LogP contribution in [0.4, 0.5) is 4.39 Å². The number of nitrogens with zero attached hydrogens (tertiary/aromatic N) is 1. The molecule has 1 aromatic heterocycles. The number of carbonyl (C=O) groups excluding carboxylic acids is 1. The maximum absolute atomic E-state index is 13.1. The molecule has 1 aliphatic carbocycles. The van der Waals surface area contributed by atoms with Gasteiger partial charge in [-0.3, -0.25) is 4.79 Å². The van der Waals surface area contributed by atoms with Crippen LogP contribution in [0.1, 0.15) is 29.8 Å². The molecule has 76 valence electrons. The lowest BCUT2D eigenvalue weighted by Gasteiger charge is -2.12. The molecular formula is C9H11FN2O2. The third-order valence-corrected chi connectivity index (χ3v) is 2.41. The first-order valence-corrected chi connectivity index (χ1v) is 4.63. The molecule has 1 aliphatic rings. The van der Waals surface area contributed by atoms with Crippen molar-refractivity contribution in [2.45, 2.75) is 31.5 Å². The van der Waals surface area contributed by atoms with Crippen molar-refractivity contribution in [2.24, 2.45) is 0 Å². The summed E-state index contributed by atoms with van der Waals surface area (Å²) in [6.07, 6.45) is 2.50. The highest BCUT2D eigenvalue weighted by Crippen LogP contribution is 2.22. The number of rotatable bonds is 2. The van der Waals surface area contributed by atoms with Crippen LogP contribution in [0.15, 0.2) is 16.8 Å². The van der Waals surface area contributed by atoms with Gasteiger partial charge in [0, 0.05) is 6.07 Å². The maximum Gasteiger partial charge on any atom is 0.290 e. The molecule has 1 aromatic rings. The molecule has 2 rings (SSSR count). The molecule has 0 unspecified atom stereocenters. The Balaban J connectivity index is 1.95. The lowest BCUT2D eigenvalue weighted by Crippen LogP contribution is -2.38. The zero-order chi connectivity index (χ0) is 9.97. The van der Waals surface area contributed by atoms with Gasteiger partial charge in [0.2, 0.25) is 5.76 Å². The first-order valence-electron chi connectivity index (χ1n) is 4.63. The second-order valence-corrected chi connectivity index (χ2v) is 3.40. The van der Waals surface area contributed by atoms with Gasteiger partial charge in [-0.05, 0) is 19.3 Å². The first-order chi connectivity index (χ1) is 6.77. The minimum atomic E-state index is -0.929. The summed E-state index contributed by atoms with van der Waals surface area (Å²) >= 11 is 0. The summed E-state index contributed by atoms with van der Waals surface area (Å²) in [5.41, 5.74) is 0. The SMILES string of the molecule is O=C(N[C@@H]1CCC[C@H]1F)c1ccno1. The van der Waals surface area contributed by atoms with Gasteiger partial charge in [-0.25, -0.2) is 4.39 Å². The number of hydrogen-bond donors (Lipinski definition) is 1. The smallest absolute Gasteiger partial charge is 0.290 e. The van der Waals surface area contributed by atoms with Gasteiger partial charge in [0.25, 0.3) is 5.91 Å². The summed E-state index contributed by atoms with van der Waals surface area (Å²) < 4.78 is 17.8. The summed E-state index contributed by atoms with van der Waals surface area (Å²) in [5.74, 6) is -0.263. The highest BCUT2D eigenvalue weighted by molar-refractivity contribution is 5.91. The standard InChI is InChI=1S/C9H11FN2O2/c10-6-2-1-3-7(6)12-9(13)8-4-5-11-14-8/h4-7H,1-3H2,(H,12,13)/t6-,7-/m1/s1. The van der Waals surface area contributed by atoms with Crippen molar-refractivity contribution in [3.05, 3.63) is 18.0 Å². The van der Waals surface area contributed by atoms with E-state index in [1.165, 1.54) is 12.3 Å². The number of hydrogen-bond acceptors (Lipinski definition) is 3. The van der Waals surface area contributed by atoms with Crippen LogP contribution < -0.4 is 5.32 Å². The molecule has 1 heterocycles. The fraction of sp³-hybridized carbons (Fsp3) is 0.556. The second-order valence-electron chi connectivity index (χ2n) is 3.40. The van der Waals surface area contributed by atoms with Crippen molar-refractivity contribution >= 4 is 5.91 Å². The summed E-state index contributed by atoms with van der Waals surface area (Å²) in [4.78, 5) is 11.4. The van der Waals surface area contributed by atoms with Gasteiger partial charge < -0.3 is 9.84 Å². The van der Waals surface area contributed by atoms with Crippen LogP contribution in [-0.4, -0.2) is 23.3 Å². The van der Waals surface area contributed by atoms with E-state index in [4.69, 9.17) is 0 Å². The molecule has 5 heteroatoms. The van der Waals surface area contributed by atoms with E-state index in [0.29, 0.717) is 12.8 Å². The third kappa shape index (κ3) is 1.76. The predicted molar refractivity (Wildman–Crippen MR) is 46.5 cm³/mol. The molecule has 0 bridgehead atoms. The average molecular weight is 198 g/mol. The van der Waals surface area contributed by atoms with Crippen LogP contribution in [0.5, 0.6) is 0 Å². The van der Waals surface area contributed by atoms with E-state index in [1.807, 2.05) is 0 Å². The molecule has 1 fully saturated rings. The molecule has 1 N–H and O–H groups in total. The molecule has 14 heavy (non-hydrogen) atoms. The topological polar surface area (TPSA) is 55.1 Å². The first kappa shape index (κ1) is 9.18. The van der Waals surface area contributed by atoms with E-state index in [2.05, 4.69) is 15.0 Å². The summed E-state index contributed by atoms with van der Waals surface area (Å²) in [6.45, 7) is 0. The van der Waals surface area contributed by atoms with Crippen LogP contribution in [0.25, 0.3) is 0 Å². The van der Waals surface area contributed by atoms with E-state index < -0.39 is 12.1 Å². The van der Waals surface area contributed by atoms with Crippen molar-refractivity contribution in [3.8, 4) is 0 Å². The van der Waals surface area contributed by atoms with E-state index in [0.717, 1.165) is 6.42 Å². The molecule has 0 aromatic carbocycles. The Kier molecular flexibility index (Phi) is 2.47. The highest BCUT2D eigenvalue weighted by Gasteiger charge is 2.29. The minimum Gasteiger partial charge on any atom is -0.351 e. The van der Waals surface area contributed by atoms with Gasteiger partial charge in [-0.15, -0.1) is 0 Å². The number of alkyl halides is 1. The quantitative estimate of drug-likeness (QED) is 0.779. The fourth-order valence-corrected chi connectivity index (χ4v) is 1.65. The van der Waals surface area contributed by atoms with Gasteiger partial charge in [-0.2, -0.15) is 0 Å². The van der Waals surface area contributed by atoms with Crippen LogP contribution in [0, 0.1) is 0 Å². The Morgan fingerprint density at radius 2 is 2.50 bits per heavy atom. The normalized spacial score (nSPS) is 26.4. The predicted octanol–water partition coefficient (Wildman–Crippen LogP) is 1.29. The van der Waals surface area contributed by atoms with E-state index >= 15 is 0 Å². The molecular weight excluding hydrogens is 187 g/mol. The summed E-state index contributed by atoms with van der Waals surface area (Å²) in [5, 5.41) is 5.99. The number of halogens is 1. The third-order valence-electron chi connectivity index (χ3n) is 2.41. The zero-order valence-corrected chi connectivity index (χ0v) is 7.57. The number of aromatic nitrogens is 1. The van der Waals surface area contributed by atoms with Crippen molar-refractivity contribution in [1.29, 1.82) is 0 Å². The molecule has 0 saturated heterocycles. The van der Waals surface area contributed by atoms with Crippen LogP contribution in [0.2, 0.25) is 0 Å². The average Bonchev–Trinajstić information content (AvgIpc) is 2.77. The van der Waals surface area contributed by atoms with Crippen molar-refractivity contribution < 1.29 is 13.7 Å². The Labute approximate surface area is 80.5 Å². The second kappa shape index (κ2) is 3.77. The molecule has 4 nitrogen and oxygen atoms in total. The van der Waals surface area contributed by atoms with Crippen molar-refractivity contribution in [2.75, 3.05) is 0 Å². The van der Waals surface area contributed by atoms with E-state index in [1.54, 1.807) is 0 Å². The zero-order valence-electron chi connectivity index (χ0n) is 7.57. The Morgan fingerprint density at radius 3 is 3.07 bits per heavy atom. The molecule has 1 saturated carbocycles. The maximum atomic E-state index is 13.1. The Bertz CT molecular complexity index is 313. The van der Waals surface area contributed by atoms with Gasteiger partial charge in [0.15, 0.2) is 0 Å². The Hall–Kier alpha value is -1.39. The highest BCUT2D eigenvalue weighted by atomic mass is 19.1. The number of carbonyl (C=O) groups is 1. The van der Waals surface area contributed by atoms with E-state index in [9.17, 15) is 9.18 Å². The minimum absolute atomic E-state index is 0.129. The van der Waals surface area contributed by atoms with Crippen LogP contribution in [-0.2, 0) is 0 Å². The lowest BCUT2D eigenvalue weighted by atomic mass is 10.2. The van der Waals surface area contributed by atoms with Crippen molar-refractivity contribution in [1.82, 2.24) is 10.5 Å². The summed E-state index contributed by atoms with van der Waals surface area (Å²) in [6, 6.07) is 1.09. The number of nitrogens with one attached hydrogen (secondary N) is 1. The number of amides is 1. The van der Waals surface area contributed by atoms with Crippen LogP contribution in [0.3, 0.4) is 0 Å².